The average Bonchev–Trinajstić information content (AvgIpc) is 2.97. The number of alkyl halides is 1. The van der Waals surface area contributed by atoms with Crippen molar-refractivity contribution < 1.29 is 9.15 Å². The molecule has 0 N–H and O–H groups in total. The van der Waals surface area contributed by atoms with Crippen LogP contribution >= 0.6 is 15.9 Å². The Bertz CT molecular complexity index is 472. The van der Waals surface area contributed by atoms with E-state index in [0.29, 0.717) is 6.10 Å². The Labute approximate surface area is 108 Å². The van der Waals surface area contributed by atoms with Crippen LogP contribution in [-0.4, -0.2) is 22.5 Å². The van der Waals surface area contributed by atoms with Gasteiger partial charge in [0.2, 0.25) is 0 Å². The van der Waals surface area contributed by atoms with Crippen molar-refractivity contribution in [2.75, 3.05) is 6.61 Å². The highest BCUT2D eigenvalue weighted by molar-refractivity contribution is 9.09. The highest BCUT2D eigenvalue weighted by Crippen LogP contribution is 2.25. The van der Waals surface area contributed by atoms with Gasteiger partial charge in [-0.05, 0) is 25.0 Å². The molecular weight excluding hydrogens is 282 g/mol. The monoisotopic (exact) mass is 295 g/mol. The van der Waals surface area contributed by atoms with Crippen LogP contribution in [0.1, 0.15) is 18.7 Å². The van der Waals surface area contributed by atoms with Crippen LogP contribution in [0.25, 0.3) is 11.1 Å². The number of hydrogen-bond acceptors (Lipinski definition) is 3. The molecule has 2 atom stereocenters. The van der Waals surface area contributed by atoms with Gasteiger partial charge >= 0.3 is 0 Å². The van der Waals surface area contributed by atoms with Gasteiger partial charge in [-0.25, -0.2) is 4.98 Å². The van der Waals surface area contributed by atoms with Crippen molar-refractivity contribution in [3.05, 3.63) is 30.2 Å². The smallest absolute Gasteiger partial charge is 0.196 e. The minimum atomic E-state index is 0.290. The van der Waals surface area contributed by atoms with Crippen molar-refractivity contribution in [2.45, 2.75) is 30.2 Å². The number of hydrogen-bond donors (Lipinski definition) is 0. The zero-order chi connectivity index (χ0) is 11.7. The van der Waals surface area contributed by atoms with Crippen LogP contribution < -0.4 is 0 Å². The first-order valence-corrected chi connectivity index (χ1v) is 6.84. The van der Waals surface area contributed by atoms with E-state index in [9.17, 15) is 0 Å². The van der Waals surface area contributed by atoms with Crippen molar-refractivity contribution in [1.29, 1.82) is 0 Å². The lowest BCUT2D eigenvalue weighted by molar-refractivity contribution is 0.109. The van der Waals surface area contributed by atoms with E-state index in [4.69, 9.17) is 9.15 Å². The van der Waals surface area contributed by atoms with Gasteiger partial charge in [-0.2, -0.15) is 0 Å². The molecule has 1 saturated heterocycles. The molecule has 1 aliphatic rings. The molecule has 0 radical (unpaired) electrons. The number of ether oxygens (including phenoxy) is 1. The van der Waals surface area contributed by atoms with Crippen LogP contribution in [0.2, 0.25) is 0 Å². The molecule has 0 amide bonds. The number of fused-ring (bicyclic) bond motifs is 1. The number of nitrogens with zero attached hydrogens (tertiary/aromatic N) is 1. The third-order valence-corrected chi connectivity index (χ3v) is 3.99. The van der Waals surface area contributed by atoms with Crippen molar-refractivity contribution >= 4 is 27.0 Å². The lowest BCUT2D eigenvalue weighted by Gasteiger charge is -2.14. The van der Waals surface area contributed by atoms with Crippen molar-refractivity contribution in [3.8, 4) is 0 Å². The zero-order valence-electron chi connectivity index (χ0n) is 9.43. The number of para-hydroxylation sites is 2. The first-order chi connectivity index (χ1) is 8.33. The van der Waals surface area contributed by atoms with E-state index >= 15 is 0 Å². The molecule has 17 heavy (non-hydrogen) atoms. The second-order valence-corrected chi connectivity index (χ2v) is 5.52. The van der Waals surface area contributed by atoms with Crippen LogP contribution in [0.4, 0.5) is 0 Å². The van der Waals surface area contributed by atoms with Gasteiger partial charge in [0.15, 0.2) is 11.5 Å². The van der Waals surface area contributed by atoms with Gasteiger partial charge in [0.05, 0.1) is 6.10 Å². The molecule has 3 rings (SSSR count). The Kier molecular flexibility index (Phi) is 3.16. The summed E-state index contributed by atoms with van der Waals surface area (Å²) in [5.41, 5.74) is 1.78. The fourth-order valence-corrected chi connectivity index (χ4v) is 2.89. The second-order valence-electron chi connectivity index (χ2n) is 4.35. The summed E-state index contributed by atoms with van der Waals surface area (Å²) in [6.45, 7) is 0.875. The SMILES string of the molecule is BrC(Cc1nc2ccccc2o1)C1CCCO1. The molecule has 0 aliphatic carbocycles. The van der Waals surface area contributed by atoms with E-state index in [0.717, 1.165) is 42.9 Å². The van der Waals surface area contributed by atoms with E-state index in [1.54, 1.807) is 0 Å². The van der Waals surface area contributed by atoms with Crippen LogP contribution in [0, 0.1) is 0 Å². The van der Waals surface area contributed by atoms with Crippen molar-refractivity contribution in [1.82, 2.24) is 4.98 Å². The van der Waals surface area contributed by atoms with E-state index in [1.165, 1.54) is 0 Å². The van der Waals surface area contributed by atoms with Gasteiger partial charge in [0.25, 0.3) is 0 Å². The van der Waals surface area contributed by atoms with Crippen molar-refractivity contribution in [3.63, 3.8) is 0 Å². The Morgan fingerprint density at radius 3 is 3.06 bits per heavy atom. The topological polar surface area (TPSA) is 35.3 Å². The molecule has 1 aliphatic heterocycles. The first kappa shape index (κ1) is 11.2. The standard InChI is InChI=1S/C13H14BrNO2/c14-9(11-6-3-7-16-11)8-13-15-10-4-1-2-5-12(10)17-13/h1-2,4-5,9,11H,3,6-8H2. The maximum absolute atomic E-state index is 5.70. The maximum Gasteiger partial charge on any atom is 0.196 e. The molecule has 2 unspecified atom stereocenters. The van der Waals surface area contributed by atoms with E-state index < -0.39 is 0 Å². The second kappa shape index (κ2) is 4.78. The zero-order valence-corrected chi connectivity index (χ0v) is 11.0. The van der Waals surface area contributed by atoms with Crippen molar-refractivity contribution in [2.24, 2.45) is 0 Å². The summed E-state index contributed by atoms with van der Waals surface area (Å²) in [6, 6.07) is 7.85. The molecular formula is C13H14BrNO2. The molecule has 0 bridgehead atoms. The third kappa shape index (κ3) is 2.38. The lowest BCUT2D eigenvalue weighted by atomic mass is 10.1. The van der Waals surface area contributed by atoms with Gasteiger partial charge in [-0.3, -0.25) is 0 Å². The molecule has 2 aromatic rings. The van der Waals surface area contributed by atoms with E-state index in [2.05, 4.69) is 20.9 Å². The molecule has 0 spiro atoms. The summed E-state index contributed by atoms with van der Waals surface area (Å²) in [7, 11) is 0. The molecule has 0 saturated carbocycles. The fraction of sp³-hybridized carbons (Fsp3) is 0.462. The highest BCUT2D eigenvalue weighted by atomic mass is 79.9. The molecule has 1 fully saturated rings. The molecule has 1 aromatic heterocycles. The quantitative estimate of drug-likeness (QED) is 0.815. The van der Waals surface area contributed by atoms with Gasteiger partial charge in [-0.15, -0.1) is 0 Å². The number of oxazole rings is 1. The summed E-state index contributed by atoms with van der Waals surface area (Å²) in [4.78, 5) is 4.76. The van der Waals surface area contributed by atoms with Gasteiger partial charge in [0, 0.05) is 17.9 Å². The predicted octanol–water partition coefficient (Wildman–Crippen LogP) is 3.31. The number of rotatable bonds is 3. The molecule has 2 heterocycles. The molecule has 1 aromatic carbocycles. The minimum absolute atomic E-state index is 0.290. The van der Waals surface area contributed by atoms with E-state index in [1.807, 2.05) is 24.3 Å². The molecule has 90 valence electrons. The summed E-state index contributed by atoms with van der Waals surface area (Å²) in [6.07, 6.45) is 3.35. The number of aromatic nitrogens is 1. The van der Waals surface area contributed by atoms with Crippen LogP contribution in [0.3, 0.4) is 0 Å². The van der Waals surface area contributed by atoms with Crippen LogP contribution in [0.5, 0.6) is 0 Å². The largest absolute Gasteiger partial charge is 0.441 e. The third-order valence-electron chi connectivity index (χ3n) is 3.08. The fourth-order valence-electron chi connectivity index (χ4n) is 2.19. The van der Waals surface area contributed by atoms with E-state index in [-0.39, 0.29) is 4.83 Å². The average molecular weight is 296 g/mol. The molecule has 3 nitrogen and oxygen atoms in total. The summed E-state index contributed by atoms with van der Waals surface area (Å²) < 4.78 is 11.3. The Morgan fingerprint density at radius 1 is 1.41 bits per heavy atom. The first-order valence-electron chi connectivity index (χ1n) is 5.93. The Morgan fingerprint density at radius 2 is 2.29 bits per heavy atom. The van der Waals surface area contributed by atoms with Gasteiger partial charge < -0.3 is 9.15 Å². The Balaban J connectivity index is 1.75. The molecule has 4 heteroatoms. The van der Waals surface area contributed by atoms with Gasteiger partial charge in [-0.1, -0.05) is 28.1 Å². The summed E-state index contributed by atoms with van der Waals surface area (Å²) in [5.74, 6) is 0.781. The van der Waals surface area contributed by atoms with Crippen LogP contribution in [0.15, 0.2) is 28.7 Å². The Hall–Kier alpha value is -0.870. The predicted molar refractivity (Wildman–Crippen MR) is 69.4 cm³/mol. The normalized spacial score (nSPS) is 22.1. The minimum Gasteiger partial charge on any atom is -0.441 e. The summed E-state index contributed by atoms with van der Waals surface area (Å²) >= 11 is 3.67. The number of benzene rings is 1. The maximum atomic E-state index is 5.70. The number of halogens is 1. The van der Waals surface area contributed by atoms with Crippen LogP contribution in [-0.2, 0) is 11.2 Å². The summed E-state index contributed by atoms with van der Waals surface area (Å²) in [5, 5.41) is 0. The van der Waals surface area contributed by atoms with Gasteiger partial charge in [0.1, 0.15) is 5.52 Å². The lowest BCUT2D eigenvalue weighted by Crippen LogP contribution is -2.21. The highest BCUT2D eigenvalue weighted by Gasteiger charge is 2.25.